The molecule has 2 N–H and O–H groups in total. The van der Waals surface area contributed by atoms with Gasteiger partial charge in [0.15, 0.2) is 5.79 Å². The van der Waals surface area contributed by atoms with Crippen LogP contribution in [0.25, 0.3) is 0 Å². The maximum atomic E-state index is 10.4. The molecule has 3 atom stereocenters. The van der Waals surface area contributed by atoms with Crippen LogP contribution in [0.3, 0.4) is 0 Å². The smallest absolute Gasteiger partial charge is 0.196 e. The van der Waals surface area contributed by atoms with Gasteiger partial charge in [-0.1, -0.05) is 50.3 Å². The largest absolute Gasteiger partial charge is 0.393 e. The minimum Gasteiger partial charge on any atom is -0.393 e. The summed E-state index contributed by atoms with van der Waals surface area (Å²) in [5.41, 5.74) is 1.30. The van der Waals surface area contributed by atoms with Gasteiger partial charge in [-0.3, -0.25) is 0 Å². The Kier molecular flexibility index (Phi) is 9.82. The zero-order valence-electron chi connectivity index (χ0n) is 15.7. The van der Waals surface area contributed by atoms with E-state index in [0.29, 0.717) is 12.3 Å². The highest BCUT2D eigenvalue weighted by Crippen LogP contribution is 2.38. The monoisotopic (exact) mass is 340 g/mol. The number of aliphatic hydroxyl groups excluding tert-OH is 1. The van der Waals surface area contributed by atoms with E-state index < -0.39 is 11.9 Å². The van der Waals surface area contributed by atoms with E-state index in [-0.39, 0.29) is 6.10 Å². The molecule has 0 heterocycles. The Bertz CT molecular complexity index is 387. The first-order chi connectivity index (χ1) is 11.5. The van der Waals surface area contributed by atoms with Crippen LogP contribution in [0.15, 0.2) is 24.3 Å². The van der Waals surface area contributed by atoms with Crippen LogP contribution >= 0.6 is 0 Å². The fraction of sp³-hybridized carbons (Fsp3) is 0.800. The molecule has 0 saturated heterocycles. The van der Waals surface area contributed by atoms with Crippen LogP contribution in [0.5, 0.6) is 0 Å². The lowest BCUT2D eigenvalue weighted by molar-refractivity contribution is -0.248. The van der Waals surface area contributed by atoms with E-state index in [1.165, 1.54) is 31.9 Å². The Hall–Kier alpha value is -0.680. The molecule has 4 nitrogen and oxygen atoms in total. The minimum absolute atomic E-state index is 0.0359. The molecule has 1 fully saturated rings. The van der Waals surface area contributed by atoms with E-state index in [1.54, 1.807) is 7.11 Å². The quantitative estimate of drug-likeness (QED) is 0.567. The van der Waals surface area contributed by atoms with Crippen LogP contribution in [-0.2, 0) is 9.47 Å². The van der Waals surface area contributed by atoms with Crippen molar-refractivity contribution in [1.82, 2.24) is 0 Å². The molecule has 0 amide bonds. The minimum atomic E-state index is -1.20. The van der Waals surface area contributed by atoms with Gasteiger partial charge in [-0.05, 0) is 31.6 Å². The van der Waals surface area contributed by atoms with Gasteiger partial charge in [-0.15, -0.1) is 6.58 Å². The van der Waals surface area contributed by atoms with Gasteiger partial charge in [0, 0.05) is 20.6 Å². The topological polar surface area (TPSA) is 58.9 Å². The van der Waals surface area contributed by atoms with Gasteiger partial charge in [-0.25, -0.2) is 0 Å². The van der Waals surface area contributed by atoms with Crippen LogP contribution in [0.2, 0.25) is 0 Å². The van der Waals surface area contributed by atoms with E-state index in [9.17, 15) is 5.11 Å². The van der Waals surface area contributed by atoms with Crippen molar-refractivity contribution < 1.29 is 19.7 Å². The second-order valence-corrected chi connectivity index (χ2v) is 6.92. The summed E-state index contributed by atoms with van der Waals surface area (Å²) in [4.78, 5) is 0. The molecule has 2 aliphatic rings. The SMILES string of the molecule is C=CCC1=CC(OC)C(O)(OC)CC1CCC.OC1CCCCC1. The van der Waals surface area contributed by atoms with Crippen LogP contribution in [0.1, 0.15) is 64.7 Å². The highest BCUT2D eigenvalue weighted by molar-refractivity contribution is 5.20. The Morgan fingerprint density at radius 2 is 1.96 bits per heavy atom. The molecule has 24 heavy (non-hydrogen) atoms. The van der Waals surface area contributed by atoms with Crippen molar-refractivity contribution in [2.24, 2.45) is 5.92 Å². The summed E-state index contributed by atoms with van der Waals surface area (Å²) in [6.07, 6.45) is 13.0. The average Bonchev–Trinajstić information content (AvgIpc) is 2.59. The first-order valence-electron chi connectivity index (χ1n) is 9.30. The summed E-state index contributed by atoms with van der Waals surface area (Å²) in [6.45, 7) is 5.93. The summed E-state index contributed by atoms with van der Waals surface area (Å²) in [5, 5.41) is 19.3. The molecule has 0 aromatic carbocycles. The molecule has 4 heteroatoms. The lowest BCUT2D eigenvalue weighted by atomic mass is 9.78. The Balaban J connectivity index is 0.000000341. The third-order valence-corrected chi connectivity index (χ3v) is 5.07. The molecule has 0 radical (unpaired) electrons. The predicted octanol–water partition coefficient (Wildman–Crippen LogP) is 3.97. The van der Waals surface area contributed by atoms with Gasteiger partial charge < -0.3 is 19.7 Å². The molecule has 0 aliphatic heterocycles. The number of rotatable bonds is 6. The van der Waals surface area contributed by atoms with E-state index in [2.05, 4.69) is 13.5 Å². The molecule has 0 spiro atoms. The first-order valence-corrected chi connectivity index (χ1v) is 9.30. The summed E-state index contributed by atoms with van der Waals surface area (Å²) in [7, 11) is 3.12. The van der Waals surface area contributed by atoms with Crippen LogP contribution < -0.4 is 0 Å². The Morgan fingerprint density at radius 1 is 1.29 bits per heavy atom. The van der Waals surface area contributed by atoms with E-state index in [1.807, 2.05) is 12.2 Å². The number of hydrogen-bond acceptors (Lipinski definition) is 4. The summed E-state index contributed by atoms with van der Waals surface area (Å²) in [5.74, 6) is -0.839. The van der Waals surface area contributed by atoms with Gasteiger partial charge in [0.2, 0.25) is 0 Å². The maximum Gasteiger partial charge on any atom is 0.196 e. The molecule has 2 aliphatic carbocycles. The second kappa shape index (κ2) is 11.0. The number of ether oxygens (including phenoxy) is 2. The fourth-order valence-electron chi connectivity index (χ4n) is 3.63. The third kappa shape index (κ3) is 6.32. The van der Waals surface area contributed by atoms with E-state index in [0.717, 1.165) is 32.1 Å². The van der Waals surface area contributed by atoms with Gasteiger partial charge in [0.05, 0.1) is 6.10 Å². The van der Waals surface area contributed by atoms with E-state index >= 15 is 0 Å². The summed E-state index contributed by atoms with van der Waals surface area (Å²) in [6, 6.07) is 0. The zero-order chi connectivity index (χ0) is 18.0. The van der Waals surface area contributed by atoms with Gasteiger partial charge in [0.25, 0.3) is 0 Å². The molecular formula is C20H36O4. The molecular weight excluding hydrogens is 304 g/mol. The first kappa shape index (κ1) is 21.4. The average molecular weight is 341 g/mol. The highest BCUT2D eigenvalue weighted by Gasteiger charge is 2.42. The van der Waals surface area contributed by atoms with Gasteiger partial charge >= 0.3 is 0 Å². The van der Waals surface area contributed by atoms with Crippen molar-refractivity contribution in [2.75, 3.05) is 14.2 Å². The van der Waals surface area contributed by atoms with Crippen molar-refractivity contribution in [3.05, 3.63) is 24.3 Å². The van der Waals surface area contributed by atoms with Crippen molar-refractivity contribution in [3.8, 4) is 0 Å². The lowest BCUT2D eigenvalue weighted by Gasteiger charge is -2.40. The Morgan fingerprint density at radius 3 is 2.38 bits per heavy atom. The van der Waals surface area contributed by atoms with Crippen molar-refractivity contribution in [3.63, 3.8) is 0 Å². The maximum absolute atomic E-state index is 10.4. The van der Waals surface area contributed by atoms with Gasteiger partial charge in [0.1, 0.15) is 6.10 Å². The molecule has 140 valence electrons. The fourth-order valence-corrected chi connectivity index (χ4v) is 3.63. The normalized spacial score (nSPS) is 31.0. The molecule has 0 aromatic heterocycles. The Labute approximate surface area is 147 Å². The molecule has 3 unspecified atom stereocenters. The number of allylic oxidation sites excluding steroid dienone is 2. The highest BCUT2D eigenvalue weighted by atomic mass is 16.6. The zero-order valence-corrected chi connectivity index (χ0v) is 15.7. The van der Waals surface area contributed by atoms with Crippen molar-refractivity contribution in [1.29, 1.82) is 0 Å². The molecule has 2 rings (SSSR count). The second-order valence-electron chi connectivity index (χ2n) is 6.92. The van der Waals surface area contributed by atoms with Crippen LogP contribution in [-0.4, -0.2) is 42.4 Å². The molecule has 0 bridgehead atoms. The molecule has 0 aromatic rings. The van der Waals surface area contributed by atoms with Crippen molar-refractivity contribution in [2.45, 2.75) is 82.7 Å². The van der Waals surface area contributed by atoms with Crippen molar-refractivity contribution >= 4 is 0 Å². The van der Waals surface area contributed by atoms with Gasteiger partial charge in [-0.2, -0.15) is 0 Å². The predicted molar refractivity (Wildman–Crippen MR) is 97.8 cm³/mol. The third-order valence-electron chi connectivity index (χ3n) is 5.07. The van der Waals surface area contributed by atoms with Crippen LogP contribution in [0, 0.1) is 5.92 Å². The molecule has 1 saturated carbocycles. The number of hydrogen-bond donors (Lipinski definition) is 2. The summed E-state index contributed by atoms with van der Waals surface area (Å²) >= 11 is 0. The number of methoxy groups -OCH3 is 2. The lowest BCUT2D eigenvalue weighted by Crippen LogP contribution is -2.48. The number of aliphatic hydroxyl groups is 2. The summed E-state index contributed by atoms with van der Waals surface area (Å²) < 4.78 is 10.6. The van der Waals surface area contributed by atoms with Crippen LogP contribution in [0.4, 0.5) is 0 Å². The standard InChI is InChI=1S/C14H24O3.C6H12O/c1-5-7-11-9-13(16-3)14(15,17-4)10-12(11)8-6-2;7-6-4-2-1-3-5-6/h5,9,12-13,15H,1,6-8,10H2,2-4H3;6-7H,1-5H2. The van der Waals surface area contributed by atoms with E-state index in [4.69, 9.17) is 14.6 Å².